The van der Waals surface area contributed by atoms with E-state index >= 15 is 0 Å². The van der Waals surface area contributed by atoms with Gasteiger partial charge in [-0.1, -0.05) is 60.7 Å². The van der Waals surface area contributed by atoms with Gasteiger partial charge in [-0.25, -0.2) is 0 Å². The van der Waals surface area contributed by atoms with Crippen LogP contribution in [0.15, 0.2) is 84.9 Å². The second-order valence-corrected chi connectivity index (χ2v) is 11.9. The predicted molar refractivity (Wildman–Crippen MR) is 160 cm³/mol. The number of carbonyl (C=O) groups is 3. The maximum absolute atomic E-state index is 14.5. The summed E-state index contributed by atoms with van der Waals surface area (Å²) in [6, 6.07) is 24.4. The number of ether oxygens (including phenoxy) is 2. The first-order chi connectivity index (χ1) is 20.8. The first kappa shape index (κ1) is 28.9. The SMILES string of the molecule is COc1ccc(NC(=O)C2N([C@@H](CO)Cc3ccccc3)C(=O)[C@@H]3[C@H](C(=O)NCc4ccccc4)[C@]4(C)CCC23O4)cc1. The molecule has 3 aromatic rings. The van der Waals surface area contributed by atoms with Crippen molar-refractivity contribution in [1.29, 1.82) is 0 Å². The van der Waals surface area contributed by atoms with Gasteiger partial charge in [-0.15, -0.1) is 0 Å². The van der Waals surface area contributed by atoms with Crippen molar-refractivity contribution >= 4 is 23.4 Å². The zero-order valence-electron chi connectivity index (χ0n) is 24.4. The van der Waals surface area contributed by atoms with Crippen molar-refractivity contribution in [2.75, 3.05) is 19.0 Å². The smallest absolute Gasteiger partial charge is 0.250 e. The Labute approximate surface area is 251 Å². The minimum absolute atomic E-state index is 0.272. The number of aliphatic hydroxyl groups excluding tert-OH is 1. The lowest BCUT2D eigenvalue weighted by atomic mass is 9.66. The summed E-state index contributed by atoms with van der Waals surface area (Å²) in [4.78, 5) is 44.1. The number of benzene rings is 3. The lowest BCUT2D eigenvalue weighted by Gasteiger charge is -2.37. The van der Waals surface area contributed by atoms with Gasteiger partial charge in [-0.05, 0) is 61.6 Å². The van der Waals surface area contributed by atoms with Crippen molar-refractivity contribution in [2.45, 2.75) is 56.0 Å². The first-order valence-corrected chi connectivity index (χ1v) is 14.7. The number of hydrogen-bond donors (Lipinski definition) is 3. The molecular formula is C34H37N3O6. The number of aliphatic hydroxyl groups is 1. The Balaban J connectivity index is 1.35. The predicted octanol–water partition coefficient (Wildman–Crippen LogP) is 3.32. The molecule has 0 aromatic heterocycles. The van der Waals surface area contributed by atoms with Crippen LogP contribution in [0.25, 0.3) is 0 Å². The van der Waals surface area contributed by atoms with Crippen LogP contribution in [-0.4, -0.2) is 64.7 Å². The van der Waals surface area contributed by atoms with E-state index in [1.54, 1.807) is 31.4 Å². The molecule has 0 aliphatic carbocycles. The molecule has 1 spiro atoms. The number of hydrogen-bond acceptors (Lipinski definition) is 6. The van der Waals surface area contributed by atoms with Crippen LogP contribution in [0, 0.1) is 11.8 Å². The monoisotopic (exact) mass is 583 g/mol. The average molecular weight is 584 g/mol. The number of amides is 3. The zero-order valence-corrected chi connectivity index (χ0v) is 24.4. The Morgan fingerprint density at radius 1 is 0.977 bits per heavy atom. The molecule has 43 heavy (non-hydrogen) atoms. The summed E-state index contributed by atoms with van der Waals surface area (Å²) >= 11 is 0. The third-order valence-electron chi connectivity index (χ3n) is 9.33. The molecule has 2 unspecified atom stereocenters. The molecule has 3 fully saturated rings. The van der Waals surface area contributed by atoms with E-state index < -0.39 is 41.0 Å². The topological polar surface area (TPSA) is 117 Å². The van der Waals surface area contributed by atoms with Crippen LogP contribution in [0.3, 0.4) is 0 Å². The fourth-order valence-electron chi connectivity index (χ4n) is 7.37. The molecule has 3 aliphatic heterocycles. The van der Waals surface area contributed by atoms with Crippen LogP contribution < -0.4 is 15.4 Å². The number of fused-ring (bicyclic) bond motifs is 1. The van der Waals surface area contributed by atoms with Crippen molar-refractivity contribution in [3.8, 4) is 5.75 Å². The van der Waals surface area contributed by atoms with Crippen LogP contribution in [0.2, 0.25) is 0 Å². The molecule has 0 radical (unpaired) electrons. The van der Waals surface area contributed by atoms with Crippen molar-refractivity contribution in [1.82, 2.24) is 10.2 Å². The standard InChI is InChI=1S/C34H37N3O6/c1-33-17-18-34(43-33)28(27(33)30(39)35-20-23-11-7-4-8-12-23)32(41)37(25(21-38)19-22-9-5-3-6-10-22)29(34)31(40)36-24-13-15-26(42-2)16-14-24/h3-16,25,27-29,38H,17-21H2,1-2H3,(H,35,39)(H,36,40)/t25-,27-,28+,29?,33+,34?/m1/s1. The highest BCUT2D eigenvalue weighted by atomic mass is 16.5. The Hall–Kier alpha value is -4.21. The fourth-order valence-corrected chi connectivity index (χ4v) is 7.37. The van der Waals surface area contributed by atoms with E-state index in [-0.39, 0.29) is 18.4 Å². The van der Waals surface area contributed by atoms with Crippen molar-refractivity contribution in [2.24, 2.45) is 11.8 Å². The van der Waals surface area contributed by atoms with E-state index in [0.717, 1.165) is 11.1 Å². The summed E-state index contributed by atoms with van der Waals surface area (Å²) in [6.45, 7) is 1.84. The second kappa shape index (κ2) is 11.5. The summed E-state index contributed by atoms with van der Waals surface area (Å²) in [6.07, 6.45) is 1.33. The van der Waals surface area contributed by atoms with Gasteiger partial charge in [0.15, 0.2) is 0 Å². The fraction of sp³-hybridized carbons (Fsp3) is 0.382. The quantitative estimate of drug-likeness (QED) is 0.337. The highest BCUT2D eigenvalue weighted by Crippen LogP contribution is 2.63. The van der Waals surface area contributed by atoms with Crippen molar-refractivity contribution in [3.05, 3.63) is 96.1 Å². The highest BCUT2D eigenvalue weighted by molar-refractivity contribution is 6.04. The number of nitrogens with one attached hydrogen (secondary N) is 2. The van der Waals surface area contributed by atoms with Gasteiger partial charge in [-0.3, -0.25) is 14.4 Å². The van der Waals surface area contributed by atoms with E-state index in [4.69, 9.17) is 9.47 Å². The van der Waals surface area contributed by atoms with Gasteiger partial charge in [0.05, 0.1) is 37.2 Å². The Morgan fingerprint density at radius 3 is 2.26 bits per heavy atom. The Morgan fingerprint density at radius 2 is 1.63 bits per heavy atom. The number of methoxy groups -OCH3 is 1. The van der Waals surface area contributed by atoms with E-state index in [0.29, 0.717) is 37.2 Å². The lowest BCUT2D eigenvalue weighted by Crippen LogP contribution is -2.57. The Kier molecular flexibility index (Phi) is 7.70. The molecule has 6 atom stereocenters. The average Bonchev–Trinajstić information content (AvgIpc) is 3.60. The molecule has 3 N–H and O–H groups in total. The second-order valence-electron chi connectivity index (χ2n) is 11.9. The largest absolute Gasteiger partial charge is 0.497 e. The molecule has 3 aliphatic rings. The van der Waals surface area contributed by atoms with Crippen molar-refractivity contribution in [3.63, 3.8) is 0 Å². The molecule has 2 bridgehead atoms. The maximum Gasteiger partial charge on any atom is 0.250 e. The van der Waals surface area contributed by atoms with Gasteiger partial charge in [0, 0.05) is 12.2 Å². The van der Waals surface area contributed by atoms with E-state index in [9.17, 15) is 19.5 Å². The van der Waals surface area contributed by atoms with Crippen LogP contribution in [0.5, 0.6) is 5.75 Å². The summed E-state index contributed by atoms with van der Waals surface area (Å²) in [5.74, 6) is -2.03. The number of likely N-dealkylation sites (tertiary alicyclic amines) is 1. The molecule has 3 saturated heterocycles. The van der Waals surface area contributed by atoms with Crippen LogP contribution in [0.1, 0.15) is 30.9 Å². The molecule has 3 heterocycles. The summed E-state index contributed by atoms with van der Waals surface area (Å²) in [5, 5.41) is 16.6. The highest BCUT2D eigenvalue weighted by Gasteiger charge is 2.78. The van der Waals surface area contributed by atoms with Crippen LogP contribution in [0.4, 0.5) is 5.69 Å². The van der Waals surface area contributed by atoms with Gasteiger partial charge >= 0.3 is 0 Å². The zero-order chi connectivity index (χ0) is 30.2. The molecule has 0 saturated carbocycles. The summed E-state index contributed by atoms with van der Waals surface area (Å²) in [7, 11) is 1.57. The number of rotatable bonds is 10. The summed E-state index contributed by atoms with van der Waals surface area (Å²) < 4.78 is 12.0. The normalized spacial score (nSPS) is 27.9. The summed E-state index contributed by atoms with van der Waals surface area (Å²) in [5.41, 5.74) is 0.297. The maximum atomic E-state index is 14.5. The van der Waals surface area contributed by atoms with Gasteiger partial charge in [-0.2, -0.15) is 0 Å². The van der Waals surface area contributed by atoms with Gasteiger partial charge in [0.25, 0.3) is 0 Å². The molecule has 9 nitrogen and oxygen atoms in total. The minimum atomic E-state index is -1.21. The van der Waals surface area contributed by atoms with Gasteiger partial charge < -0.3 is 30.1 Å². The van der Waals surface area contributed by atoms with Crippen molar-refractivity contribution < 1.29 is 29.0 Å². The molecular weight excluding hydrogens is 546 g/mol. The first-order valence-electron chi connectivity index (χ1n) is 14.7. The number of carbonyl (C=O) groups excluding carboxylic acids is 3. The van der Waals surface area contributed by atoms with Gasteiger partial charge in [0.2, 0.25) is 17.7 Å². The molecule has 6 rings (SSSR count). The van der Waals surface area contributed by atoms with E-state index in [1.807, 2.05) is 67.6 Å². The molecule has 9 heteroatoms. The van der Waals surface area contributed by atoms with Crippen LogP contribution in [-0.2, 0) is 32.1 Å². The number of anilines is 1. The minimum Gasteiger partial charge on any atom is -0.497 e. The lowest BCUT2D eigenvalue weighted by molar-refractivity contribution is -0.148. The third-order valence-corrected chi connectivity index (χ3v) is 9.33. The molecule has 3 amide bonds. The van der Waals surface area contributed by atoms with Gasteiger partial charge in [0.1, 0.15) is 17.4 Å². The van der Waals surface area contributed by atoms with Crippen LogP contribution >= 0.6 is 0 Å². The molecule has 3 aromatic carbocycles. The number of nitrogens with zero attached hydrogens (tertiary/aromatic N) is 1. The third kappa shape index (κ3) is 5.06. The Bertz CT molecular complexity index is 1480. The van der Waals surface area contributed by atoms with E-state index in [2.05, 4.69) is 10.6 Å². The van der Waals surface area contributed by atoms with E-state index in [1.165, 1.54) is 4.90 Å². The molecule has 224 valence electrons.